The summed E-state index contributed by atoms with van der Waals surface area (Å²) in [5, 5.41) is 2.90. The fourth-order valence-corrected chi connectivity index (χ4v) is 2.46. The lowest BCUT2D eigenvalue weighted by Gasteiger charge is -2.32. The molecular formula is C8H15F3N2O3S. The molecule has 1 atom stereocenters. The van der Waals surface area contributed by atoms with E-state index in [1.54, 1.807) is 0 Å². The molecule has 1 saturated heterocycles. The standard InChI is InChI=1S/C8H15F3N2O3S/c1-2-12-5-7-6-13(3-4-16-7)17(14,15)8(9,10)11/h7,12H,2-6H2,1H3/t7-/m1/s1. The Morgan fingerprint density at radius 2 is 2.12 bits per heavy atom. The highest BCUT2D eigenvalue weighted by atomic mass is 32.2. The molecule has 5 nitrogen and oxygen atoms in total. The first-order valence-electron chi connectivity index (χ1n) is 5.17. The van der Waals surface area contributed by atoms with Crippen LogP contribution >= 0.6 is 0 Å². The van der Waals surface area contributed by atoms with Crippen LogP contribution in [0.1, 0.15) is 6.92 Å². The van der Waals surface area contributed by atoms with Gasteiger partial charge in [-0.2, -0.15) is 17.5 Å². The number of hydrogen-bond donors (Lipinski definition) is 1. The molecule has 0 saturated carbocycles. The van der Waals surface area contributed by atoms with Crippen LogP contribution in [0.25, 0.3) is 0 Å². The van der Waals surface area contributed by atoms with Gasteiger partial charge in [-0.15, -0.1) is 0 Å². The van der Waals surface area contributed by atoms with Crippen molar-refractivity contribution in [3.8, 4) is 0 Å². The lowest BCUT2D eigenvalue weighted by Crippen LogP contribution is -2.52. The van der Waals surface area contributed by atoms with Crippen molar-refractivity contribution >= 4 is 10.0 Å². The topological polar surface area (TPSA) is 58.6 Å². The smallest absolute Gasteiger partial charge is 0.374 e. The highest BCUT2D eigenvalue weighted by Gasteiger charge is 2.50. The molecule has 0 radical (unpaired) electrons. The van der Waals surface area contributed by atoms with Gasteiger partial charge in [0.2, 0.25) is 0 Å². The van der Waals surface area contributed by atoms with Crippen molar-refractivity contribution in [1.29, 1.82) is 0 Å². The maximum absolute atomic E-state index is 12.3. The average molecular weight is 276 g/mol. The van der Waals surface area contributed by atoms with Crippen LogP contribution in [0.15, 0.2) is 0 Å². The van der Waals surface area contributed by atoms with Crippen LogP contribution in [0.2, 0.25) is 0 Å². The zero-order chi connectivity index (χ0) is 13.1. The number of sulfonamides is 1. The molecule has 17 heavy (non-hydrogen) atoms. The predicted octanol–water partition coefficient (Wildman–Crippen LogP) is 0.146. The number of alkyl halides is 3. The van der Waals surface area contributed by atoms with Crippen LogP contribution in [0, 0.1) is 0 Å². The third-order valence-corrected chi connectivity index (χ3v) is 3.95. The molecule has 0 unspecified atom stereocenters. The van der Waals surface area contributed by atoms with Crippen molar-refractivity contribution in [3.05, 3.63) is 0 Å². The van der Waals surface area contributed by atoms with Crippen molar-refractivity contribution in [1.82, 2.24) is 9.62 Å². The van der Waals surface area contributed by atoms with Crippen LogP contribution < -0.4 is 5.32 Å². The second kappa shape index (κ2) is 5.51. The van der Waals surface area contributed by atoms with Crippen LogP contribution in [-0.2, 0) is 14.8 Å². The normalized spacial score (nSPS) is 23.9. The first-order chi connectivity index (χ1) is 7.79. The van der Waals surface area contributed by atoms with Crippen molar-refractivity contribution < 1.29 is 26.3 Å². The molecule has 102 valence electrons. The van der Waals surface area contributed by atoms with Gasteiger partial charge in [-0.1, -0.05) is 6.92 Å². The molecule has 0 aliphatic carbocycles. The molecule has 1 fully saturated rings. The summed E-state index contributed by atoms with van der Waals surface area (Å²) in [5.74, 6) is 0. The van der Waals surface area contributed by atoms with Gasteiger partial charge in [0.1, 0.15) is 0 Å². The van der Waals surface area contributed by atoms with E-state index in [2.05, 4.69) is 5.32 Å². The van der Waals surface area contributed by atoms with Crippen molar-refractivity contribution in [2.75, 3.05) is 32.8 Å². The fourth-order valence-electron chi connectivity index (χ4n) is 1.49. The molecule has 9 heteroatoms. The number of rotatable bonds is 4. The SMILES string of the molecule is CCNC[C@@H]1CN(S(=O)(=O)C(F)(F)F)CCO1. The summed E-state index contributed by atoms with van der Waals surface area (Å²) < 4.78 is 64.8. The molecule has 0 aromatic rings. The monoisotopic (exact) mass is 276 g/mol. The summed E-state index contributed by atoms with van der Waals surface area (Å²) in [5.41, 5.74) is -5.24. The zero-order valence-electron chi connectivity index (χ0n) is 9.33. The molecule has 1 aliphatic heterocycles. The molecule has 0 spiro atoms. The van der Waals surface area contributed by atoms with Crippen LogP contribution in [0.3, 0.4) is 0 Å². The Morgan fingerprint density at radius 3 is 2.65 bits per heavy atom. The first-order valence-corrected chi connectivity index (χ1v) is 6.61. The maximum atomic E-state index is 12.3. The number of morpholine rings is 1. The summed E-state index contributed by atoms with van der Waals surface area (Å²) in [6.07, 6.45) is -0.541. The second-order valence-electron chi connectivity index (χ2n) is 3.61. The highest BCUT2D eigenvalue weighted by Crippen LogP contribution is 2.27. The zero-order valence-corrected chi connectivity index (χ0v) is 10.1. The van der Waals surface area contributed by atoms with Crippen LogP contribution in [-0.4, -0.2) is 57.1 Å². The molecule has 0 amide bonds. The molecule has 0 bridgehead atoms. The molecule has 0 aromatic carbocycles. The van der Waals surface area contributed by atoms with Crippen molar-refractivity contribution in [2.45, 2.75) is 18.5 Å². The lowest BCUT2D eigenvalue weighted by atomic mass is 10.3. The summed E-state index contributed by atoms with van der Waals surface area (Å²) in [6.45, 7) is 2.27. The maximum Gasteiger partial charge on any atom is 0.511 e. The second-order valence-corrected chi connectivity index (χ2v) is 5.54. The van der Waals surface area contributed by atoms with E-state index in [1.165, 1.54) is 0 Å². The van der Waals surface area contributed by atoms with E-state index >= 15 is 0 Å². The van der Waals surface area contributed by atoms with E-state index in [0.717, 1.165) is 0 Å². The van der Waals surface area contributed by atoms with Gasteiger partial charge in [-0.25, -0.2) is 8.42 Å². The minimum Gasteiger partial charge on any atom is -0.374 e. The average Bonchev–Trinajstić information content (AvgIpc) is 2.25. The Hall–Kier alpha value is -0.380. The number of halogens is 3. The van der Waals surface area contributed by atoms with E-state index < -0.39 is 21.6 Å². The number of ether oxygens (including phenoxy) is 1. The van der Waals surface area contributed by atoms with E-state index in [-0.39, 0.29) is 19.7 Å². The molecular weight excluding hydrogens is 261 g/mol. The Balaban J connectivity index is 2.67. The van der Waals surface area contributed by atoms with Gasteiger partial charge in [0, 0.05) is 19.6 Å². The number of likely N-dealkylation sites (N-methyl/N-ethyl adjacent to an activating group) is 1. The molecule has 1 heterocycles. The van der Waals surface area contributed by atoms with Crippen LogP contribution in [0.4, 0.5) is 13.2 Å². The fraction of sp³-hybridized carbons (Fsp3) is 1.00. The quantitative estimate of drug-likeness (QED) is 0.794. The van der Waals surface area contributed by atoms with Gasteiger partial charge in [0.15, 0.2) is 0 Å². The van der Waals surface area contributed by atoms with Crippen molar-refractivity contribution in [3.63, 3.8) is 0 Å². The largest absolute Gasteiger partial charge is 0.511 e. The van der Waals surface area contributed by atoms with Gasteiger partial charge < -0.3 is 10.1 Å². The molecule has 1 rings (SSSR count). The number of nitrogens with zero attached hydrogens (tertiary/aromatic N) is 1. The van der Waals surface area contributed by atoms with Gasteiger partial charge in [-0.3, -0.25) is 0 Å². The Kier molecular flexibility index (Phi) is 4.76. The summed E-state index contributed by atoms with van der Waals surface area (Å²) in [4.78, 5) is 0. The van der Waals surface area contributed by atoms with E-state index in [1.807, 2.05) is 6.92 Å². The highest BCUT2D eigenvalue weighted by molar-refractivity contribution is 7.90. The van der Waals surface area contributed by atoms with Crippen LogP contribution in [0.5, 0.6) is 0 Å². The molecule has 0 aromatic heterocycles. The van der Waals surface area contributed by atoms with E-state index in [4.69, 9.17) is 4.74 Å². The minimum atomic E-state index is -5.24. The third kappa shape index (κ3) is 3.54. The molecule has 1 aliphatic rings. The Labute approximate surface area is 98.0 Å². The van der Waals surface area contributed by atoms with Gasteiger partial charge in [0.05, 0.1) is 12.7 Å². The number of hydrogen-bond acceptors (Lipinski definition) is 4. The predicted molar refractivity (Wildman–Crippen MR) is 54.8 cm³/mol. The molecule has 1 N–H and O–H groups in total. The van der Waals surface area contributed by atoms with Gasteiger partial charge in [0.25, 0.3) is 0 Å². The first kappa shape index (κ1) is 14.7. The summed E-state index contributed by atoms with van der Waals surface area (Å²) >= 11 is 0. The number of nitrogens with one attached hydrogen (secondary N) is 1. The van der Waals surface area contributed by atoms with Gasteiger partial charge in [-0.05, 0) is 6.54 Å². The summed E-state index contributed by atoms with van der Waals surface area (Å²) in [6, 6.07) is 0. The van der Waals surface area contributed by atoms with Gasteiger partial charge >= 0.3 is 15.5 Å². The van der Waals surface area contributed by atoms with E-state index in [9.17, 15) is 21.6 Å². The Bertz CT molecular complexity index is 344. The lowest BCUT2D eigenvalue weighted by molar-refractivity contribution is -0.0567. The minimum absolute atomic E-state index is 0.0224. The third-order valence-electron chi connectivity index (χ3n) is 2.36. The van der Waals surface area contributed by atoms with E-state index in [0.29, 0.717) is 17.4 Å². The summed E-state index contributed by atoms with van der Waals surface area (Å²) in [7, 11) is -5.23. The Morgan fingerprint density at radius 1 is 1.47 bits per heavy atom. The van der Waals surface area contributed by atoms with Crippen molar-refractivity contribution in [2.24, 2.45) is 0 Å².